The molecule has 0 bridgehead atoms. The van der Waals surface area contributed by atoms with Crippen LogP contribution >= 0.6 is 13.5 Å². The smallest absolute Gasteiger partial charge is 0.261 e. The Labute approximate surface area is 235 Å². The summed E-state index contributed by atoms with van der Waals surface area (Å²) in [4.78, 5) is 33.2. The summed E-state index contributed by atoms with van der Waals surface area (Å²) >= 11 is 0. The van der Waals surface area contributed by atoms with E-state index in [0.717, 1.165) is 0 Å². The van der Waals surface area contributed by atoms with E-state index in [1.54, 1.807) is 49.5 Å². The van der Waals surface area contributed by atoms with Gasteiger partial charge in [0, 0.05) is 37.3 Å². The third-order valence-electron chi connectivity index (χ3n) is 5.90. The number of hydrogen-bond donors (Lipinski definition) is 3. The van der Waals surface area contributed by atoms with Crippen molar-refractivity contribution in [1.82, 2.24) is 34.7 Å². The molecule has 12 heteroatoms. The Morgan fingerprint density at radius 2 is 1.67 bits per heavy atom. The average molecular weight is 557 g/mol. The van der Waals surface area contributed by atoms with Crippen molar-refractivity contribution in [2.75, 3.05) is 19.5 Å². The highest BCUT2D eigenvalue weighted by atomic mass is 32.1. The minimum atomic E-state index is -0.294. The molecule has 5 rings (SSSR count). The zero-order valence-corrected chi connectivity index (χ0v) is 21.4. The van der Waals surface area contributed by atoms with E-state index in [1.165, 1.54) is 0 Å². The highest BCUT2D eigenvalue weighted by molar-refractivity contribution is 7.59. The number of rotatable bonds is 8. The van der Waals surface area contributed by atoms with E-state index in [2.05, 4.69) is 25.3 Å². The van der Waals surface area contributed by atoms with Crippen LogP contribution in [0, 0.1) is 0 Å². The fourth-order valence-electron chi connectivity index (χ4n) is 4.11. The van der Waals surface area contributed by atoms with Gasteiger partial charge in [0.15, 0.2) is 11.5 Å². The molecular weight excluding hydrogens is 516 g/mol. The number of hydrogen-bond acceptors (Lipinski definition) is 8. The van der Waals surface area contributed by atoms with Crippen LogP contribution in [0.3, 0.4) is 0 Å². The summed E-state index contributed by atoms with van der Waals surface area (Å²) in [7, 11) is 3.14. The summed E-state index contributed by atoms with van der Waals surface area (Å²) in [6.07, 6.45) is 5.92. The maximum absolute atomic E-state index is 13.4. The van der Waals surface area contributed by atoms with Gasteiger partial charge in [-0.05, 0) is 19.4 Å². The molecule has 0 aliphatic rings. The highest BCUT2D eigenvalue weighted by Gasteiger charge is 2.24. The summed E-state index contributed by atoms with van der Waals surface area (Å²) in [6.45, 7) is 4.68. The molecule has 4 aromatic heterocycles. The van der Waals surface area contributed by atoms with Crippen LogP contribution < -0.4 is 20.3 Å². The molecule has 0 amide bonds. The number of imidazole rings is 1. The van der Waals surface area contributed by atoms with Crippen LogP contribution in [0.1, 0.15) is 54.4 Å². The molecule has 0 radical (unpaired) electrons. The van der Waals surface area contributed by atoms with Gasteiger partial charge in [-0.15, -0.1) is 0 Å². The van der Waals surface area contributed by atoms with Gasteiger partial charge in [-0.25, -0.2) is 15.0 Å². The SMILES string of the molecule is C.C.C.CC[C@H](Nc1c(-c2nc3cc(OC)c(OC)cc3[nH]2)c(=O)[nH]c2cn(CC)nc12)c1ncccn1.S. The van der Waals surface area contributed by atoms with Gasteiger partial charge in [0.05, 0.1) is 42.5 Å². The molecule has 39 heavy (non-hydrogen) atoms. The molecule has 0 aliphatic heterocycles. The zero-order valence-electron chi connectivity index (χ0n) is 20.4. The molecule has 212 valence electrons. The Hall–Kier alpha value is -4.06. The number of aryl methyl sites for hydroxylation is 1. The minimum absolute atomic E-state index is 0. The van der Waals surface area contributed by atoms with E-state index in [1.807, 2.05) is 20.0 Å². The molecule has 1 aromatic carbocycles. The normalized spacial score (nSPS) is 11.0. The monoisotopic (exact) mass is 556 g/mol. The van der Waals surface area contributed by atoms with Gasteiger partial charge in [0.2, 0.25) is 0 Å². The van der Waals surface area contributed by atoms with Crippen LogP contribution in [0.2, 0.25) is 0 Å². The van der Waals surface area contributed by atoms with Gasteiger partial charge in [0.25, 0.3) is 5.56 Å². The third kappa shape index (κ3) is 6.00. The standard InChI is InChI=1S/C24H26N8O3.3CH4.H2S/c1-5-13(22-25-8-7-9-26-22)27-21-19(24(33)30-16-12-32(6-2)31-20(16)21)23-28-14-10-17(34-3)18(35-4)11-15(14)29-23;;;;/h7-13,27H,5-6H2,1-4H3,(H,28,29)(H,30,33);3*1H4;1H2/t13-;;;;/m0..../s1. The number of anilines is 1. The van der Waals surface area contributed by atoms with Crippen LogP contribution in [-0.2, 0) is 6.54 Å². The lowest BCUT2D eigenvalue weighted by Crippen LogP contribution is -2.18. The molecule has 0 saturated carbocycles. The first-order valence-electron chi connectivity index (χ1n) is 11.3. The lowest BCUT2D eigenvalue weighted by Gasteiger charge is -2.18. The van der Waals surface area contributed by atoms with Crippen molar-refractivity contribution in [2.45, 2.75) is 55.1 Å². The fraction of sp³-hybridized carbons (Fsp3) is 0.370. The van der Waals surface area contributed by atoms with Crippen molar-refractivity contribution in [1.29, 1.82) is 0 Å². The van der Waals surface area contributed by atoms with Crippen molar-refractivity contribution in [2.24, 2.45) is 0 Å². The lowest BCUT2D eigenvalue weighted by atomic mass is 10.1. The fourth-order valence-corrected chi connectivity index (χ4v) is 4.11. The summed E-state index contributed by atoms with van der Waals surface area (Å²) in [5, 5.41) is 8.20. The first-order valence-corrected chi connectivity index (χ1v) is 11.3. The van der Waals surface area contributed by atoms with Crippen LogP contribution in [0.25, 0.3) is 33.5 Å². The van der Waals surface area contributed by atoms with Gasteiger partial charge < -0.3 is 24.8 Å². The second-order valence-electron chi connectivity index (χ2n) is 7.97. The predicted octanol–water partition coefficient (Wildman–Crippen LogP) is 5.68. The summed E-state index contributed by atoms with van der Waals surface area (Å²) < 4.78 is 12.6. The molecule has 0 unspecified atom stereocenters. The molecule has 11 nitrogen and oxygen atoms in total. The van der Waals surface area contributed by atoms with Crippen molar-refractivity contribution in [3.63, 3.8) is 0 Å². The topological polar surface area (TPSA) is 136 Å². The second-order valence-corrected chi connectivity index (χ2v) is 7.97. The third-order valence-corrected chi connectivity index (χ3v) is 5.90. The van der Waals surface area contributed by atoms with Crippen LogP contribution in [0.4, 0.5) is 5.69 Å². The zero-order chi connectivity index (χ0) is 24.5. The number of pyridine rings is 1. The number of H-pyrrole nitrogens is 2. The largest absolute Gasteiger partial charge is 0.493 e. The van der Waals surface area contributed by atoms with E-state index >= 15 is 0 Å². The van der Waals surface area contributed by atoms with E-state index < -0.39 is 0 Å². The number of aromatic nitrogens is 7. The summed E-state index contributed by atoms with van der Waals surface area (Å²) in [5.74, 6) is 2.14. The van der Waals surface area contributed by atoms with E-state index in [-0.39, 0.29) is 47.4 Å². The molecule has 0 saturated heterocycles. The minimum Gasteiger partial charge on any atom is -0.493 e. The average Bonchev–Trinajstić information content (AvgIpc) is 3.49. The maximum atomic E-state index is 13.4. The number of methoxy groups -OCH3 is 2. The van der Waals surface area contributed by atoms with E-state index in [9.17, 15) is 4.79 Å². The first-order chi connectivity index (χ1) is 17.1. The first kappa shape index (κ1) is 33.0. The molecule has 0 spiro atoms. The van der Waals surface area contributed by atoms with Crippen molar-refractivity contribution in [3.8, 4) is 22.9 Å². The Bertz CT molecular complexity index is 1520. The Kier molecular flexibility index (Phi) is 11.5. The summed E-state index contributed by atoms with van der Waals surface area (Å²) in [5.41, 5.74) is 3.23. The van der Waals surface area contributed by atoms with Crippen LogP contribution in [0.5, 0.6) is 11.5 Å². The Morgan fingerprint density at radius 3 is 2.28 bits per heavy atom. The van der Waals surface area contributed by atoms with Gasteiger partial charge in [-0.2, -0.15) is 18.6 Å². The summed E-state index contributed by atoms with van der Waals surface area (Å²) in [6, 6.07) is 5.10. The molecule has 3 N–H and O–H groups in total. The van der Waals surface area contributed by atoms with Crippen molar-refractivity contribution in [3.05, 3.63) is 53.0 Å². The molecule has 1 atom stereocenters. The number of nitrogens with zero attached hydrogens (tertiary/aromatic N) is 5. The number of aromatic amines is 2. The molecule has 0 fully saturated rings. The lowest BCUT2D eigenvalue weighted by molar-refractivity contribution is 0.356. The van der Waals surface area contributed by atoms with E-state index in [0.29, 0.717) is 69.4 Å². The quantitative estimate of drug-likeness (QED) is 0.222. The molecular formula is C27H40N8O3S. The van der Waals surface area contributed by atoms with Gasteiger partial charge in [0.1, 0.15) is 22.7 Å². The number of ether oxygens (including phenoxy) is 2. The maximum Gasteiger partial charge on any atom is 0.261 e. The molecule has 0 aliphatic carbocycles. The second kappa shape index (κ2) is 13.7. The van der Waals surface area contributed by atoms with Crippen LogP contribution in [-0.4, -0.2) is 48.9 Å². The van der Waals surface area contributed by atoms with E-state index in [4.69, 9.17) is 19.6 Å². The van der Waals surface area contributed by atoms with Gasteiger partial charge in [-0.3, -0.25) is 9.48 Å². The number of nitrogens with one attached hydrogen (secondary N) is 3. The number of fused-ring (bicyclic) bond motifs is 2. The molecule has 4 heterocycles. The Balaban J connectivity index is 0.00000190. The van der Waals surface area contributed by atoms with Crippen molar-refractivity contribution >= 4 is 41.2 Å². The highest BCUT2D eigenvalue weighted by Crippen LogP contribution is 2.36. The van der Waals surface area contributed by atoms with Crippen LogP contribution in [0.15, 0.2) is 41.6 Å². The van der Waals surface area contributed by atoms with Gasteiger partial charge in [-0.1, -0.05) is 29.2 Å². The van der Waals surface area contributed by atoms with Gasteiger partial charge >= 0.3 is 0 Å². The Morgan fingerprint density at radius 1 is 1.00 bits per heavy atom. The number of benzene rings is 1. The molecule has 5 aromatic rings. The predicted molar refractivity (Wildman–Crippen MR) is 163 cm³/mol. The van der Waals surface area contributed by atoms with Crippen molar-refractivity contribution < 1.29 is 9.47 Å².